The van der Waals surface area contributed by atoms with Gasteiger partial charge in [0.1, 0.15) is 0 Å². The smallest absolute Gasteiger partial charge is 0.310 e. The molecule has 0 unspecified atom stereocenters. The molecule has 1 atom stereocenters. The Morgan fingerprint density at radius 2 is 2.50 bits per heavy atom. The van der Waals surface area contributed by atoms with Crippen molar-refractivity contribution in [1.82, 2.24) is 5.32 Å². The second-order valence-electron chi connectivity index (χ2n) is 2.31. The third kappa shape index (κ3) is 1.97. The molecular weight excluding hydrogens is 134 g/mol. The maximum Gasteiger partial charge on any atom is 0.310 e. The monoisotopic (exact) mass is 145 g/mol. The normalized spacial score (nSPS) is 27.4. The number of ether oxygens (including phenoxy) is 1. The summed E-state index contributed by atoms with van der Waals surface area (Å²) in [5.41, 5.74) is 0. The predicted octanol–water partition coefficient (Wildman–Crippen LogP) is -0.693. The van der Waals surface area contributed by atoms with Crippen LogP contribution in [0.4, 0.5) is 0 Å². The van der Waals surface area contributed by atoms with Gasteiger partial charge in [0.15, 0.2) is 0 Å². The minimum absolute atomic E-state index is 0.336. The summed E-state index contributed by atoms with van der Waals surface area (Å²) in [6, 6.07) is 0. The van der Waals surface area contributed by atoms with E-state index in [1.807, 2.05) is 0 Å². The van der Waals surface area contributed by atoms with E-state index in [0.717, 1.165) is 6.54 Å². The molecule has 1 aliphatic heterocycles. The van der Waals surface area contributed by atoms with Crippen LogP contribution in [0.5, 0.6) is 0 Å². The molecule has 0 aromatic carbocycles. The van der Waals surface area contributed by atoms with Crippen molar-refractivity contribution in [1.29, 1.82) is 0 Å². The van der Waals surface area contributed by atoms with Gasteiger partial charge in [-0.2, -0.15) is 0 Å². The number of carboxylic acids is 1. The SMILES string of the molecule is O=C(O)[C@H]1CNCCOC1. The van der Waals surface area contributed by atoms with Crippen LogP contribution in [0.15, 0.2) is 0 Å². The van der Waals surface area contributed by atoms with Gasteiger partial charge in [0.05, 0.1) is 19.1 Å². The highest BCUT2D eigenvalue weighted by Gasteiger charge is 2.18. The Balaban J connectivity index is 2.35. The maximum atomic E-state index is 10.4. The van der Waals surface area contributed by atoms with Gasteiger partial charge < -0.3 is 15.2 Å². The van der Waals surface area contributed by atoms with Crippen LogP contribution in [-0.4, -0.2) is 37.4 Å². The van der Waals surface area contributed by atoms with E-state index < -0.39 is 5.97 Å². The third-order valence-electron chi connectivity index (χ3n) is 1.48. The van der Waals surface area contributed by atoms with Crippen LogP contribution in [0.25, 0.3) is 0 Å². The van der Waals surface area contributed by atoms with Crippen LogP contribution >= 0.6 is 0 Å². The lowest BCUT2D eigenvalue weighted by Crippen LogP contribution is -2.28. The minimum atomic E-state index is -0.783. The minimum Gasteiger partial charge on any atom is -0.481 e. The Morgan fingerprint density at radius 3 is 3.20 bits per heavy atom. The van der Waals surface area contributed by atoms with Crippen LogP contribution in [0.1, 0.15) is 0 Å². The van der Waals surface area contributed by atoms with E-state index in [-0.39, 0.29) is 5.92 Å². The highest BCUT2D eigenvalue weighted by atomic mass is 16.5. The van der Waals surface area contributed by atoms with Crippen molar-refractivity contribution in [3.05, 3.63) is 0 Å². The van der Waals surface area contributed by atoms with Gasteiger partial charge in [-0.3, -0.25) is 4.79 Å². The highest BCUT2D eigenvalue weighted by Crippen LogP contribution is 1.98. The molecule has 0 spiro atoms. The Morgan fingerprint density at radius 1 is 1.70 bits per heavy atom. The summed E-state index contributed by atoms with van der Waals surface area (Å²) in [6.45, 7) is 2.23. The van der Waals surface area contributed by atoms with Crippen LogP contribution in [0.3, 0.4) is 0 Å². The third-order valence-corrected chi connectivity index (χ3v) is 1.48. The summed E-state index contributed by atoms with van der Waals surface area (Å²) in [6.07, 6.45) is 0. The van der Waals surface area contributed by atoms with Gasteiger partial charge in [-0.25, -0.2) is 0 Å². The zero-order valence-electron chi connectivity index (χ0n) is 5.67. The fourth-order valence-electron chi connectivity index (χ4n) is 0.864. The summed E-state index contributed by atoms with van der Waals surface area (Å²) >= 11 is 0. The Hall–Kier alpha value is -0.610. The first-order valence-electron chi connectivity index (χ1n) is 3.32. The highest BCUT2D eigenvalue weighted by molar-refractivity contribution is 5.70. The summed E-state index contributed by atoms with van der Waals surface area (Å²) in [5, 5.41) is 11.5. The molecule has 1 fully saturated rings. The molecule has 0 radical (unpaired) electrons. The Kier molecular flexibility index (Phi) is 2.65. The molecule has 0 aliphatic carbocycles. The average Bonchev–Trinajstić information content (AvgIpc) is 2.12. The lowest BCUT2D eigenvalue weighted by atomic mass is 10.2. The summed E-state index contributed by atoms with van der Waals surface area (Å²) in [5.74, 6) is -1.16. The number of carbonyl (C=O) groups is 1. The zero-order valence-corrected chi connectivity index (χ0v) is 5.67. The van der Waals surface area contributed by atoms with Crippen molar-refractivity contribution in [2.75, 3.05) is 26.3 Å². The molecule has 4 nitrogen and oxygen atoms in total. The van der Waals surface area contributed by atoms with Crippen molar-refractivity contribution < 1.29 is 14.6 Å². The van der Waals surface area contributed by atoms with Crippen LogP contribution in [-0.2, 0) is 9.53 Å². The molecule has 10 heavy (non-hydrogen) atoms. The van der Waals surface area contributed by atoms with Gasteiger partial charge >= 0.3 is 5.97 Å². The fourth-order valence-corrected chi connectivity index (χ4v) is 0.864. The Bertz CT molecular complexity index is 118. The van der Waals surface area contributed by atoms with Crippen molar-refractivity contribution in [2.45, 2.75) is 0 Å². The van der Waals surface area contributed by atoms with Crippen molar-refractivity contribution in [3.63, 3.8) is 0 Å². The standard InChI is InChI=1S/C6H11NO3/c8-6(9)5-3-7-1-2-10-4-5/h5,7H,1-4H2,(H,8,9)/t5-/m0/s1. The quantitative estimate of drug-likeness (QED) is 0.512. The topological polar surface area (TPSA) is 58.6 Å². The van der Waals surface area contributed by atoms with Gasteiger partial charge in [-0.15, -0.1) is 0 Å². The van der Waals surface area contributed by atoms with Crippen LogP contribution < -0.4 is 5.32 Å². The number of hydrogen-bond donors (Lipinski definition) is 2. The average molecular weight is 145 g/mol. The molecule has 0 aromatic rings. The molecule has 58 valence electrons. The van der Waals surface area contributed by atoms with Gasteiger partial charge in [-0.05, 0) is 0 Å². The van der Waals surface area contributed by atoms with Gasteiger partial charge in [-0.1, -0.05) is 0 Å². The molecule has 0 aromatic heterocycles. The van der Waals surface area contributed by atoms with Gasteiger partial charge in [0.2, 0.25) is 0 Å². The molecule has 2 N–H and O–H groups in total. The van der Waals surface area contributed by atoms with E-state index in [2.05, 4.69) is 5.32 Å². The van der Waals surface area contributed by atoms with Crippen molar-refractivity contribution >= 4 is 5.97 Å². The number of aliphatic carboxylic acids is 1. The molecule has 0 bridgehead atoms. The van der Waals surface area contributed by atoms with E-state index in [9.17, 15) is 4.79 Å². The number of hydrogen-bond acceptors (Lipinski definition) is 3. The molecule has 0 saturated carbocycles. The summed E-state index contributed by atoms with van der Waals surface area (Å²) in [7, 11) is 0. The van der Waals surface area contributed by atoms with E-state index in [4.69, 9.17) is 9.84 Å². The molecule has 1 heterocycles. The van der Waals surface area contributed by atoms with Gasteiger partial charge in [0, 0.05) is 13.1 Å². The largest absolute Gasteiger partial charge is 0.481 e. The number of nitrogens with one attached hydrogen (secondary N) is 1. The molecule has 1 saturated heterocycles. The van der Waals surface area contributed by atoms with E-state index in [1.54, 1.807) is 0 Å². The van der Waals surface area contributed by atoms with Gasteiger partial charge in [0.25, 0.3) is 0 Å². The zero-order chi connectivity index (χ0) is 7.40. The van der Waals surface area contributed by atoms with E-state index >= 15 is 0 Å². The lowest BCUT2D eigenvalue weighted by Gasteiger charge is -2.05. The van der Waals surface area contributed by atoms with E-state index in [0.29, 0.717) is 19.8 Å². The van der Waals surface area contributed by atoms with Crippen molar-refractivity contribution in [2.24, 2.45) is 5.92 Å². The second kappa shape index (κ2) is 3.53. The Labute approximate surface area is 59.2 Å². The first kappa shape index (κ1) is 7.50. The predicted molar refractivity (Wildman–Crippen MR) is 34.8 cm³/mol. The van der Waals surface area contributed by atoms with Crippen LogP contribution in [0, 0.1) is 5.92 Å². The molecule has 0 amide bonds. The first-order chi connectivity index (χ1) is 4.80. The fraction of sp³-hybridized carbons (Fsp3) is 0.833. The number of rotatable bonds is 1. The summed E-state index contributed by atoms with van der Waals surface area (Å²) < 4.78 is 5.03. The lowest BCUT2D eigenvalue weighted by molar-refractivity contribution is -0.143. The second-order valence-corrected chi connectivity index (χ2v) is 2.31. The van der Waals surface area contributed by atoms with Crippen molar-refractivity contribution in [3.8, 4) is 0 Å². The molecule has 4 heteroatoms. The molecule has 1 rings (SSSR count). The maximum absolute atomic E-state index is 10.4. The van der Waals surface area contributed by atoms with Crippen LogP contribution in [0.2, 0.25) is 0 Å². The number of carboxylic acid groups (broad SMARTS) is 1. The van der Waals surface area contributed by atoms with E-state index in [1.165, 1.54) is 0 Å². The summed E-state index contributed by atoms with van der Waals surface area (Å²) in [4.78, 5) is 10.4. The molecule has 1 aliphatic rings. The first-order valence-corrected chi connectivity index (χ1v) is 3.32. The molecular formula is C6H11NO3.